The molecule has 0 aliphatic rings. The van der Waals surface area contributed by atoms with E-state index in [1.165, 1.54) is 60.7 Å². The molecule has 1 heterocycles. The van der Waals surface area contributed by atoms with Crippen LogP contribution in [0.3, 0.4) is 0 Å². The van der Waals surface area contributed by atoms with Gasteiger partial charge in [0.2, 0.25) is 10.0 Å². The molecule has 4 N–H and O–H groups in total. The predicted octanol–water partition coefficient (Wildman–Crippen LogP) is 2.65. The topological polar surface area (TPSA) is 162 Å². The first-order chi connectivity index (χ1) is 15.4. The summed E-state index contributed by atoms with van der Waals surface area (Å²) in [6.45, 7) is -0.594. The van der Waals surface area contributed by atoms with Crippen molar-refractivity contribution in [2.24, 2.45) is 5.14 Å². The molecule has 0 saturated carbocycles. The third-order valence-corrected chi connectivity index (χ3v) is 8.02. The van der Waals surface area contributed by atoms with Crippen molar-refractivity contribution in [1.29, 1.82) is 0 Å². The molecule has 0 saturated heterocycles. The fourth-order valence-electron chi connectivity index (χ4n) is 2.46. The number of thiophene rings is 1. The fraction of sp³-hybridized carbons (Fsp3) is 0.0526. The molecule has 33 heavy (non-hydrogen) atoms. The van der Waals surface area contributed by atoms with Crippen molar-refractivity contribution in [2.45, 2.75) is 9.10 Å². The van der Waals surface area contributed by atoms with Crippen LogP contribution in [0.4, 0.5) is 11.4 Å². The molecule has 174 valence electrons. The van der Waals surface area contributed by atoms with Gasteiger partial charge in [-0.15, -0.1) is 11.3 Å². The summed E-state index contributed by atoms with van der Waals surface area (Å²) in [6.07, 6.45) is 0. The summed E-state index contributed by atoms with van der Waals surface area (Å²) in [7, 11) is -7.66. The molecule has 1 aromatic heterocycles. The van der Waals surface area contributed by atoms with Gasteiger partial charge in [0.15, 0.2) is 6.61 Å². The lowest BCUT2D eigenvalue weighted by molar-refractivity contribution is -0.119. The summed E-state index contributed by atoms with van der Waals surface area (Å²) in [5.74, 6) is -1.44. The van der Waals surface area contributed by atoms with Crippen molar-refractivity contribution in [3.8, 4) is 0 Å². The molecule has 10 nitrogen and oxygen atoms in total. The van der Waals surface area contributed by atoms with E-state index in [9.17, 15) is 26.4 Å². The highest BCUT2D eigenvalue weighted by molar-refractivity contribution is 7.94. The van der Waals surface area contributed by atoms with Gasteiger partial charge in [0.1, 0.15) is 4.21 Å². The van der Waals surface area contributed by atoms with E-state index in [4.69, 9.17) is 21.5 Å². The first-order valence-electron chi connectivity index (χ1n) is 8.92. The van der Waals surface area contributed by atoms with Gasteiger partial charge in [-0.25, -0.2) is 26.8 Å². The zero-order chi connectivity index (χ0) is 24.2. The third kappa shape index (κ3) is 6.76. The van der Waals surface area contributed by atoms with E-state index in [-0.39, 0.29) is 26.0 Å². The maximum absolute atomic E-state index is 12.3. The Morgan fingerprint density at radius 2 is 1.52 bits per heavy atom. The van der Waals surface area contributed by atoms with E-state index >= 15 is 0 Å². The molecule has 1 amide bonds. The van der Waals surface area contributed by atoms with E-state index in [1.807, 2.05) is 0 Å². The van der Waals surface area contributed by atoms with Crippen LogP contribution in [-0.2, 0) is 29.6 Å². The standard InChI is InChI=1S/C19H16ClN3O7S3/c20-16-9-10-18(31-16)33(28,29)23-14-3-1-12(2-4-14)19(25)30-11-17(24)22-13-5-7-15(8-6-13)32(21,26)27/h1-10,23H,11H2,(H,22,24)(H2,21,26,27). The Labute approximate surface area is 198 Å². The molecule has 14 heteroatoms. The van der Waals surface area contributed by atoms with Gasteiger partial charge in [0.25, 0.3) is 15.9 Å². The number of hydrogen-bond acceptors (Lipinski definition) is 8. The SMILES string of the molecule is NS(=O)(=O)c1ccc(NC(=O)COC(=O)c2ccc(NS(=O)(=O)c3ccc(Cl)s3)cc2)cc1. The number of hydrogen-bond donors (Lipinski definition) is 3. The van der Waals surface area contributed by atoms with Crippen LogP contribution in [0.1, 0.15) is 10.4 Å². The van der Waals surface area contributed by atoms with Crippen molar-refractivity contribution in [3.63, 3.8) is 0 Å². The number of carbonyl (C=O) groups is 2. The van der Waals surface area contributed by atoms with Crippen molar-refractivity contribution in [1.82, 2.24) is 0 Å². The number of primary sulfonamides is 1. The number of nitrogens with one attached hydrogen (secondary N) is 2. The largest absolute Gasteiger partial charge is 0.452 e. The number of amides is 1. The molecule has 0 radical (unpaired) electrons. The quantitative estimate of drug-likeness (QED) is 0.378. The Morgan fingerprint density at radius 1 is 0.909 bits per heavy atom. The maximum Gasteiger partial charge on any atom is 0.338 e. The van der Waals surface area contributed by atoms with Crippen molar-refractivity contribution in [2.75, 3.05) is 16.6 Å². The van der Waals surface area contributed by atoms with Gasteiger partial charge in [-0.2, -0.15) is 0 Å². The highest BCUT2D eigenvalue weighted by Gasteiger charge is 2.17. The van der Waals surface area contributed by atoms with Crippen LogP contribution in [0.2, 0.25) is 4.34 Å². The Hall–Kier alpha value is -2.97. The summed E-state index contributed by atoms with van der Waals surface area (Å²) >= 11 is 6.67. The van der Waals surface area contributed by atoms with Crippen LogP contribution in [0.15, 0.2) is 69.8 Å². The number of benzene rings is 2. The van der Waals surface area contributed by atoms with Crippen LogP contribution in [0.5, 0.6) is 0 Å². The minimum Gasteiger partial charge on any atom is -0.452 e. The highest BCUT2D eigenvalue weighted by atomic mass is 35.5. The number of nitrogens with two attached hydrogens (primary N) is 1. The van der Waals surface area contributed by atoms with Crippen LogP contribution < -0.4 is 15.2 Å². The molecular weight excluding hydrogens is 514 g/mol. The van der Waals surface area contributed by atoms with E-state index < -0.39 is 38.5 Å². The average molecular weight is 530 g/mol. The maximum atomic E-state index is 12.3. The van der Waals surface area contributed by atoms with E-state index in [0.717, 1.165) is 11.3 Å². The van der Waals surface area contributed by atoms with Crippen LogP contribution >= 0.6 is 22.9 Å². The van der Waals surface area contributed by atoms with Crippen LogP contribution in [-0.4, -0.2) is 35.3 Å². The lowest BCUT2D eigenvalue weighted by atomic mass is 10.2. The number of carbonyl (C=O) groups excluding carboxylic acids is 2. The lowest BCUT2D eigenvalue weighted by Crippen LogP contribution is -2.21. The lowest BCUT2D eigenvalue weighted by Gasteiger charge is -2.09. The van der Waals surface area contributed by atoms with Gasteiger partial charge in [-0.3, -0.25) is 9.52 Å². The molecular formula is C19H16ClN3O7S3. The molecule has 2 aromatic carbocycles. The van der Waals surface area contributed by atoms with Gasteiger partial charge < -0.3 is 10.1 Å². The second-order valence-electron chi connectivity index (χ2n) is 6.44. The van der Waals surface area contributed by atoms with Gasteiger partial charge >= 0.3 is 5.97 Å². The first-order valence-corrected chi connectivity index (χ1v) is 13.1. The number of ether oxygens (including phenoxy) is 1. The first kappa shape index (κ1) is 24.7. The van der Waals surface area contributed by atoms with E-state index in [0.29, 0.717) is 4.34 Å². The summed E-state index contributed by atoms with van der Waals surface area (Å²) in [5, 5.41) is 7.44. The zero-order valence-electron chi connectivity index (χ0n) is 16.5. The van der Waals surface area contributed by atoms with Gasteiger partial charge in [-0.1, -0.05) is 11.6 Å². The fourth-order valence-corrected chi connectivity index (χ4v) is 5.52. The van der Waals surface area contributed by atoms with Gasteiger partial charge in [0, 0.05) is 11.4 Å². The normalized spacial score (nSPS) is 11.6. The number of anilines is 2. The van der Waals surface area contributed by atoms with Gasteiger partial charge in [0.05, 0.1) is 14.8 Å². The molecule has 3 rings (SSSR count). The summed E-state index contributed by atoms with van der Waals surface area (Å²) < 4.78 is 54.7. The number of halogens is 1. The molecule has 0 bridgehead atoms. The van der Waals surface area contributed by atoms with E-state index in [2.05, 4.69) is 10.0 Å². The molecule has 0 aliphatic carbocycles. The monoisotopic (exact) mass is 529 g/mol. The van der Waals surface area contributed by atoms with Crippen LogP contribution in [0.25, 0.3) is 0 Å². The smallest absolute Gasteiger partial charge is 0.338 e. The Balaban J connectivity index is 1.53. The molecule has 3 aromatic rings. The molecule has 0 unspecified atom stereocenters. The van der Waals surface area contributed by atoms with Crippen molar-refractivity contribution in [3.05, 3.63) is 70.6 Å². The van der Waals surface area contributed by atoms with Crippen molar-refractivity contribution >= 4 is 66.2 Å². The van der Waals surface area contributed by atoms with E-state index in [1.54, 1.807) is 0 Å². The third-order valence-electron chi connectivity index (χ3n) is 3.99. The second kappa shape index (κ2) is 9.89. The Morgan fingerprint density at radius 3 is 2.06 bits per heavy atom. The van der Waals surface area contributed by atoms with Gasteiger partial charge in [-0.05, 0) is 60.7 Å². The Kier molecular flexibility index (Phi) is 7.39. The Bertz CT molecular complexity index is 1390. The predicted molar refractivity (Wildman–Crippen MR) is 123 cm³/mol. The highest BCUT2D eigenvalue weighted by Crippen LogP contribution is 2.27. The number of sulfonamides is 2. The molecule has 0 spiro atoms. The van der Waals surface area contributed by atoms with Crippen LogP contribution in [0, 0.1) is 0 Å². The van der Waals surface area contributed by atoms with Crippen molar-refractivity contribution < 1.29 is 31.2 Å². The molecule has 0 atom stereocenters. The minimum absolute atomic E-state index is 0.0429. The number of rotatable bonds is 8. The summed E-state index contributed by atoms with van der Waals surface area (Å²) in [5.41, 5.74) is 0.603. The molecule has 0 fully saturated rings. The second-order valence-corrected chi connectivity index (χ2v) is 11.6. The summed E-state index contributed by atoms with van der Waals surface area (Å²) in [4.78, 5) is 24.0. The zero-order valence-corrected chi connectivity index (χ0v) is 19.7. The summed E-state index contributed by atoms with van der Waals surface area (Å²) in [6, 6.07) is 13.4. The minimum atomic E-state index is -3.85. The average Bonchev–Trinajstić information content (AvgIpc) is 3.19. The molecule has 0 aliphatic heterocycles. The number of esters is 1.